The van der Waals surface area contributed by atoms with Crippen LogP contribution in [0.15, 0.2) is 11.8 Å². The van der Waals surface area contributed by atoms with Gasteiger partial charge in [-0.25, -0.2) is 0 Å². The number of rotatable bonds is 2. The maximum Gasteiger partial charge on any atom is 0.0926 e. The van der Waals surface area contributed by atoms with Crippen LogP contribution in [0.5, 0.6) is 0 Å². The predicted octanol–water partition coefficient (Wildman–Crippen LogP) is 3.26. The largest absolute Gasteiger partial charge is 0.496 e. The van der Waals surface area contributed by atoms with Gasteiger partial charge in [0.05, 0.1) is 11.9 Å². The topological polar surface area (TPSA) is 9.23 Å². The summed E-state index contributed by atoms with van der Waals surface area (Å²) in [6, 6.07) is 0. The Labute approximate surface area is 69.4 Å². The molecule has 0 fully saturated rings. The van der Waals surface area contributed by atoms with Crippen LogP contribution < -0.4 is 0 Å². The van der Waals surface area contributed by atoms with Crippen molar-refractivity contribution in [2.45, 2.75) is 52.1 Å². The van der Waals surface area contributed by atoms with Crippen molar-refractivity contribution in [1.29, 1.82) is 0 Å². The smallest absolute Gasteiger partial charge is 0.0926 e. The van der Waals surface area contributed by atoms with Crippen LogP contribution in [0.2, 0.25) is 0 Å². The highest BCUT2D eigenvalue weighted by Gasteiger charge is 2.04. The molecule has 1 heteroatoms. The quantitative estimate of drug-likeness (QED) is 0.593. The summed E-state index contributed by atoms with van der Waals surface area (Å²) in [5, 5.41) is 0. The Kier molecular flexibility index (Phi) is 3.47. The first-order chi connectivity index (χ1) is 5.29. The van der Waals surface area contributed by atoms with E-state index in [1.807, 2.05) is 0 Å². The molecule has 0 amide bonds. The lowest BCUT2D eigenvalue weighted by Gasteiger charge is -2.11. The zero-order valence-electron chi connectivity index (χ0n) is 7.60. The van der Waals surface area contributed by atoms with Gasteiger partial charge in [-0.15, -0.1) is 0 Å². The van der Waals surface area contributed by atoms with Crippen LogP contribution in [0, 0.1) is 0 Å². The van der Waals surface area contributed by atoms with Gasteiger partial charge in [0.2, 0.25) is 0 Å². The van der Waals surface area contributed by atoms with E-state index in [0.717, 1.165) is 6.42 Å². The summed E-state index contributed by atoms with van der Waals surface area (Å²) >= 11 is 0. The molecule has 0 unspecified atom stereocenters. The van der Waals surface area contributed by atoms with Gasteiger partial charge in [0.1, 0.15) is 0 Å². The number of allylic oxidation sites excluding steroid dienone is 2. The molecule has 1 nitrogen and oxygen atoms in total. The zero-order chi connectivity index (χ0) is 8.10. The molecule has 1 rings (SSSR count). The minimum absolute atomic E-state index is 0.347. The molecule has 64 valence electrons. The Morgan fingerprint density at radius 1 is 1.27 bits per heavy atom. The standard InChI is InChI=1S/C10H18O/c1-9(2)11-10-7-5-3-4-6-8-10/h7,9H,3-6,8H2,1-2H3. The molecule has 0 N–H and O–H groups in total. The Morgan fingerprint density at radius 3 is 2.82 bits per heavy atom. The van der Waals surface area contributed by atoms with E-state index in [-0.39, 0.29) is 0 Å². The maximum atomic E-state index is 5.63. The molecule has 0 aromatic rings. The number of ether oxygens (including phenoxy) is 1. The molecule has 0 saturated carbocycles. The van der Waals surface area contributed by atoms with Gasteiger partial charge in [0.15, 0.2) is 0 Å². The second-order valence-electron chi connectivity index (χ2n) is 3.44. The molecule has 1 aliphatic carbocycles. The molecule has 0 spiro atoms. The highest BCUT2D eigenvalue weighted by Crippen LogP contribution is 2.18. The van der Waals surface area contributed by atoms with Crippen LogP contribution in [-0.2, 0) is 4.74 Å². The molecule has 0 saturated heterocycles. The van der Waals surface area contributed by atoms with Crippen molar-refractivity contribution in [2.24, 2.45) is 0 Å². The minimum Gasteiger partial charge on any atom is -0.496 e. The summed E-state index contributed by atoms with van der Waals surface area (Å²) in [4.78, 5) is 0. The van der Waals surface area contributed by atoms with E-state index in [0.29, 0.717) is 6.10 Å². The minimum atomic E-state index is 0.347. The molecule has 0 bridgehead atoms. The van der Waals surface area contributed by atoms with Crippen molar-refractivity contribution in [1.82, 2.24) is 0 Å². The lowest BCUT2D eigenvalue weighted by Crippen LogP contribution is -2.01. The van der Waals surface area contributed by atoms with E-state index in [9.17, 15) is 0 Å². The monoisotopic (exact) mass is 154 g/mol. The Balaban J connectivity index is 2.34. The fourth-order valence-electron chi connectivity index (χ4n) is 1.40. The van der Waals surface area contributed by atoms with Crippen molar-refractivity contribution in [3.63, 3.8) is 0 Å². The Hall–Kier alpha value is -0.460. The average molecular weight is 154 g/mol. The van der Waals surface area contributed by atoms with Crippen LogP contribution in [0.25, 0.3) is 0 Å². The van der Waals surface area contributed by atoms with Crippen molar-refractivity contribution in [3.8, 4) is 0 Å². The normalized spacial score (nSPS) is 19.4. The van der Waals surface area contributed by atoms with E-state index in [4.69, 9.17) is 4.74 Å². The fraction of sp³-hybridized carbons (Fsp3) is 0.800. The molecule has 0 aromatic heterocycles. The molecule has 0 aliphatic heterocycles. The summed E-state index contributed by atoms with van der Waals surface area (Å²) < 4.78 is 5.63. The molecule has 0 radical (unpaired) electrons. The molecule has 0 heterocycles. The third-order valence-electron chi connectivity index (χ3n) is 1.89. The zero-order valence-corrected chi connectivity index (χ0v) is 7.60. The van der Waals surface area contributed by atoms with E-state index < -0.39 is 0 Å². The molecular weight excluding hydrogens is 136 g/mol. The first kappa shape index (κ1) is 8.63. The van der Waals surface area contributed by atoms with Gasteiger partial charge >= 0.3 is 0 Å². The van der Waals surface area contributed by atoms with Gasteiger partial charge in [0, 0.05) is 6.42 Å². The predicted molar refractivity (Wildman–Crippen MR) is 47.4 cm³/mol. The van der Waals surface area contributed by atoms with Gasteiger partial charge in [-0.05, 0) is 39.2 Å². The molecule has 11 heavy (non-hydrogen) atoms. The summed E-state index contributed by atoms with van der Waals surface area (Å²) in [6.45, 7) is 4.18. The Bertz CT molecular complexity index is 136. The highest BCUT2D eigenvalue weighted by molar-refractivity contribution is 4.95. The molecule has 1 aliphatic rings. The van der Waals surface area contributed by atoms with Crippen LogP contribution in [0.1, 0.15) is 46.0 Å². The lowest BCUT2D eigenvalue weighted by atomic mass is 10.2. The van der Waals surface area contributed by atoms with E-state index >= 15 is 0 Å². The van der Waals surface area contributed by atoms with E-state index in [2.05, 4.69) is 19.9 Å². The molecule has 0 atom stereocenters. The van der Waals surface area contributed by atoms with Gasteiger partial charge in [-0.1, -0.05) is 6.42 Å². The van der Waals surface area contributed by atoms with Gasteiger partial charge in [-0.2, -0.15) is 0 Å². The van der Waals surface area contributed by atoms with Crippen LogP contribution >= 0.6 is 0 Å². The molecular formula is C10H18O. The van der Waals surface area contributed by atoms with Crippen molar-refractivity contribution in [2.75, 3.05) is 0 Å². The highest BCUT2D eigenvalue weighted by atomic mass is 16.5. The van der Waals surface area contributed by atoms with Crippen LogP contribution in [0.4, 0.5) is 0 Å². The first-order valence-electron chi connectivity index (χ1n) is 4.65. The summed E-state index contributed by atoms with van der Waals surface area (Å²) in [5.74, 6) is 1.22. The summed E-state index contributed by atoms with van der Waals surface area (Å²) in [7, 11) is 0. The number of hydrogen-bond donors (Lipinski definition) is 0. The SMILES string of the molecule is CC(C)OC1=CCCCCC1. The van der Waals surface area contributed by atoms with Crippen molar-refractivity contribution >= 4 is 0 Å². The molecule has 0 aromatic carbocycles. The van der Waals surface area contributed by atoms with Gasteiger partial charge < -0.3 is 4.74 Å². The average Bonchev–Trinajstić information content (AvgIpc) is 2.14. The maximum absolute atomic E-state index is 5.63. The third kappa shape index (κ3) is 3.45. The summed E-state index contributed by atoms with van der Waals surface area (Å²) in [6.07, 6.45) is 8.97. The van der Waals surface area contributed by atoms with Crippen LogP contribution in [0.3, 0.4) is 0 Å². The van der Waals surface area contributed by atoms with Crippen molar-refractivity contribution in [3.05, 3.63) is 11.8 Å². The van der Waals surface area contributed by atoms with Crippen molar-refractivity contribution < 1.29 is 4.74 Å². The van der Waals surface area contributed by atoms with E-state index in [1.165, 1.54) is 31.4 Å². The van der Waals surface area contributed by atoms with Gasteiger partial charge in [-0.3, -0.25) is 0 Å². The van der Waals surface area contributed by atoms with E-state index in [1.54, 1.807) is 0 Å². The van der Waals surface area contributed by atoms with Gasteiger partial charge in [0.25, 0.3) is 0 Å². The second kappa shape index (κ2) is 4.42. The van der Waals surface area contributed by atoms with Crippen LogP contribution in [-0.4, -0.2) is 6.10 Å². The number of hydrogen-bond acceptors (Lipinski definition) is 1. The Morgan fingerprint density at radius 2 is 2.09 bits per heavy atom. The lowest BCUT2D eigenvalue weighted by molar-refractivity contribution is 0.139. The fourth-order valence-corrected chi connectivity index (χ4v) is 1.40. The first-order valence-corrected chi connectivity index (χ1v) is 4.65. The second-order valence-corrected chi connectivity index (χ2v) is 3.44. The third-order valence-corrected chi connectivity index (χ3v) is 1.89. The summed E-state index contributed by atoms with van der Waals surface area (Å²) in [5.41, 5.74) is 0.